The molecule has 0 aliphatic heterocycles. The van der Waals surface area contributed by atoms with Crippen molar-refractivity contribution in [2.24, 2.45) is 11.3 Å². The van der Waals surface area contributed by atoms with E-state index in [1.807, 2.05) is 0 Å². The quantitative estimate of drug-likeness (QED) is 0.660. The van der Waals surface area contributed by atoms with Crippen molar-refractivity contribution in [2.75, 3.05) is 0 Å². The Bertz CT molecular complexity index is 193. The van der Waals surface area contributed by atoms with Crippen LogP contribution < -0.4 is 0 Å². The molecule has 0 heterocycles. The minimum Gasteiger partial charge on any atom is -0.389 e. The fourth-order valence-corrected chi connectivity index (χ4v) is 3.16. The van der Waals surface area contributed by atoms with E-state index in [4.69, 9.17) is 0 Å². The van der Waals surface area contributed by atoms with E-state index in [-0.39, 0.29) is 11.0 Å². The Balaban J connectivity index is 2.16. The Kier molecular flexibility index (Phi) is 2.18. The highest BCUT2D eigenvalue weighted by Crippen LogP contribution is 2.53. The van der Waals surface area contributed by atoms with Gasteiger partial charge in [-0.05, 0) is 37.0 Å². The van der Waals surface area contributed by atoms with Gasteiger partial charge in [0.15, 0.2) is 0 Å². The fraction of sp³-hybridized carbons (Fsp3) is 1.00. The second kappa shape index (κ2) is 2.98. The van der Waals surface area contributed by atoms with Gasteiger partial charge >= 0.3 is 0 Å². The van der Waals surface area contributed by atoms with E-state index in [0.717, 1.165) is 6.42 Å². The molecule has 2 aliphatic rings. The largest absolute Gasteiger partial charge is 0.389 e. The molecule has 2 saturated carbocycles. The first-order chi connectivity index (χ1) is 6.06. The van der Waals surface area contributed by atoms with Crippen molar-refractivity contribution in [1.82, 2.24) is 0 Å². The molecule has 0 radical (unpaired) electrons. The molecule has 1 unspecified atom stereocenters. The lowest BCUT2D eigenvalue weighted by Gasteiger charge is -2.53. The minimum absolute atomic E-state index is 0.163. The van der Waals surface area contributed by atoms with Crippen molar-refractivity contribution in [1.29, 1.82) is 0 Å². The predicted octanol–water partition coefficient (Wildman–Crippen LogP) is 3.12. The van der Waals surface area contributed by atoms with Crippen LogP contribution in [0.4, 0.5) is 0 Å². The number of aliphatic hydroxyl groups is 1. The first-order valence-electron chi connectivity index (χ1n) is 5.79. The molecule has 1 atom stereocenters. The van der Waals surface area contributed by atoms with Crippen LogP contribution in [0.15, 0.2) is 0 Å². The number of hydrogen-bond acceptors (Lipinski definition) is 1. The summed E-state index contributed by atoms with van der Waals surface area (Å²) < 4.78 is 0. The minimum atomic E-state index is -0.330. The molecule has 76 valence electrons. The Morgan fingerprint density at radius 2 is 1.62 bits per heavy atom. The highest BCUT2D eigenvalue weighted by Gasteiger charge is 2.51. The van der Waals surface area contributed by atoms with Crippen LogP contribution in [-0.4, -0.2) is 10.7 Å². The van der Waals surface area contributed by atoms with Crippen LogP contribution in [0.25, 0.3) is 0 Å². The Morgan fingerprint density at radius 1 is 1.00 bits per heavy atom. The first-order valence-corrected chi connectivity index (χ1v) is 5.79. The van der Waals surface area contributed by atoms with Gasteiger partial charge in [0, 0.05) is 0 Å². The molecule has 2 rings (SSSR count). The van der Waals surface area contributed by atoms with Crippen molar-refractivity contribution < 1.29 is 5.11 Å². The lowest BCUT2D eigenvalue weighted by molar-refractivity contribution is -0.157. The SMILES string of the molecule is CC1(C)CCCCC1(O)C1CCC1. The van der Waals surface area contributed by atoms with Gasteiger partial charge in [-0.25, -0.2) is 0 Å². The molecule has 1 heteroatoms. The first kappa shape index (κ1) is 9.51. The van der Waals surface area contributed by atoms with Gasteiger partial charge in [0.1, 0.15) is 0 Å². The van der Waals surface area contributed by atoms with Gasteiger partial charge in [-0.1, -0.05) is 33.1 Å². The van der Waals surface area contributed by atoms with Crippen LogP contribution in [0.3, 0.4) is 0 Å². The maximum Gasteiger partial charge on any atom is 0.0726 e. The van der Waals surface area contributed by atoms with E-state index in [9.17, 15) is 5.11 Å². The Labute approximate surface area is 81.5 Å². The van der Waals surface area contributed by atoms with Crippen LogP contribution >= 0.6 is 0 Å². The third-order valence-electron chi connectivity index (χ3n) is 4.56. The van der Waals surface area contributed by atoms with Crippen LogP contribution in [0, 0.1) is 11.3 Å². The van der Waals surface area contributed by atoms with Gasteiger partial charge in [-0.2, -0.15) is 0 Å². The third-order valence-corrected chi connectivity index (χ3v) is 4.56. The van der Waals surface area contributed by atoms with Gasteiger partial charge in [0.2, 0.25) is 0 Å². The maximum absolute atomic E-state index is 10.7. The summed E-state index contributed by atoms with van der Waals surface area (Å²) in [5.41, 5.74) is -0.167. The van der Waals surface area contributed by atoms with Crippen molar-refractivity contribution >= 4 is 0 Å². The zero-order chi connectivity index (χ0) is 9.53. The molecule has 1 nitrogen and oxygen atoms in total. The summed E-state index contributed by atoms with van der Waals surface area (Å²) in [5, 5.41) is 10.7. The van der Waals surface area contributed by atoms with E-state index in [0.29, 0.717) is 5.92 Å². The summed E-state index contributed by atoms with van der Waals surface area (Å²) in [6.45, 7) is 4.51. The van der Waals surface area contributed by atoms with Crippen LogP contribution in [0.2, 0.25) is 0 Å². The lowest BCUT2D eigenvalue weighted by Crippen LogP contribution is -2.54. The van der Waals surface area contributed by atoms with E-state index < -0.39 is 0 Å². The molecular formula is C12H22O. The van der Waals surface area contributed by atoms with Crippen molar-refractivity contribution in [3.8, 4) is 0 Å². The second-order valence-electron chi connectivity index (χ2n) is 5.64. The number of rotatable bonds is 1. The summed E-state index contributed by atoms with van der Waals surface area (Å²) in [6.07, 6.45) is 8.66. The van der Waals surface area contributed by atoms with E-state index in [2.05, 4.69) is 13.8 Å². The fourth-order valence-electron chi connectivity index (χ4n) is 3.16. The Hall–Kier alpha value is -0.0400. The molecule has 1 N–H and O–H groups in total. The zero-order valence-corrected chi connectivity index (χ0v) is 8.97. The molecule has 0 aromatic carbocycles. The lowest BCUT2D eigenvalue weighted by atomic mass is 9.56. The molecule has 2 aliphatic carbocycles. The summed E-state index contributed by atoms with van der Waals surface area (Å²) in [7, 11) is 0. The molecule has 2 fully saturated rings. The van der Waals surface area contributed by atoms with E-state index in [1.165, 1.54) is 38.5 Å². The highest BCUT2D eigenvalue weighted by atomic mass is 16.3. The molecule has 0 spiro atoms. The average molecular weight is 182 g/mol. The molecule has 0 aromatic rings. The second-order valence-corrected chi connectivity index (χ2v) is 5.64. The number of hydrogen-bond donors (Lipinski definition) is 1. The summed E-state index contributed by atoms with van der Waals surface area (Å²) in [5.74, 6) is 0.614. The van der Waals surface area contributed by atoms with Crippen LogP contribution in [-0.2, 0) is 0 Å². The van der Waals surface area contributed by atoms with Crippen molar-refractivity contribution in [3.63, 3.8) is 0 Å². The standard InChI is InChI=1S/C12H22O/c1-11(2)8-3-4-9-12(11,13)10-6-5-7-10/h10,13H,3-9H2,1-2H3. The molecule has 0 bridgehead atoms. The maximum atomic E-state index is 10.7. The van der Waals surface area contributed by atoms with Gasteiger partial charge in [0.25, 0.3) is 0 Å². The summed E-state index contributed by atoms with van der Waals surface area (Å²) in [6, 6.07) is 0. The predicted molar refractivity (Wildman–Crippen MR) is 54.5 cm³/mol. The van der Waals surface area contributed by atoms with Gasteiger partial charge in [-0.15, -0.1) is 0 Å². The smallest absolute Gasteiger partial charge is 0.0726 e. The summed E-state index contributed by atoms with van der Waals surface area (Å²) >= 11 is 0. The van der Waals surface area contributed by atoms with E-state index in [1.54, 1.807) is 0 Å². The van der Waals surface area contributed by atoms with Crippen molar-refractivity contribution in [3.05, 3.63) is 0 Å². The Morgan fingerprint density at radius 3 is 2.08 bits per heavy atom. The monoisotopic (exact) mass is 182 g/mol. The van der Waals surface area contributed by atoms with Gasteiger partial charge in [-0.3, -0.25) is 0 Å². The van der Waals surface area contributed by atoms with Gasteiger partial charge < -0.3 is 5.11 Å². The zero-order valence-electron chi connectivity index (χ0n) is 8.97. The van der Waals surface area contributed by atoms with E-state index >= 15 is 0 Å². The van der Waals surface area contributed by atoms with Crippen LogP contribution in [0.1, 0.15) is 58.8 Å². The highest BCUT2D eigenvalue weighted by molar-refractivity contribution is 5.02. The normalized spacial score (nSPS) is 39.9. The molecule has 0 saturated heterocycles. The van der Waals surface area contributed by atoms with Crippen molar-refractivity contribution in [2.45, 2.75) is 64.4 Å². The molecular weight excluding hydrogens is 160 g/mol. The topological polar surface area (TPSA) is 20.2 Å². The van der Waals surface area contributed by atoms with Crippen LogP contribution in [0.5, 0.6) is 0 Å². The molecule has 0 amide bonds. The average Bonchev–Trinajstić information content (AvgIpc) is 1.92. The molecule has 13 heavy (non-hydrogen) atoms. The third kappa shape index (κ3) is 1.32. The van der Waals surface area contributed by atoms with Gasteiger partial charge in [0.05, 0.1) is 5.60 Å². The molecule has 0 aromatic heterocycles. The summed E-state index contributed by atoms with van der Waals surface area (Å²) in [4.78, 5) is 0.